The minimum absolute atomic E-state index is 0.462. The van der Waals surface area contributed by atoms with Crippen molar-refractivity contribution >= 4 is 12.0 Å². The number of hydrogen-bond acceptors (Lipinski definition) is 2. The Kier molecular flexibility index (Phi) is 5.64. The zero-order valence-corrected chi connectivity index (χ0v) is 13.8. The van der Waals surface area contributed by atoms with E-state index in [-0.39, 0.29) is 0 Å². The predicted molar refractivity (Wildman–Crippen MR) is 89.7 cm³/mol. The van der Waals surface area contributed by atoms with Crippen molar-refractivity contribution in [2.24, 2.45) is 0 Å². The summed E-state index contributed by atoms with van der Waals surface area (Å²) in [5.74, 6) is -0.462. The van der Waals surface area contributed by atoms with E-state index in [2.05, 4.69) is 0 Å². The highest BCUT2D eigenvalue weighted by atomic mass is 19.4. The average molecular weight is 349 g/mol. The highest BCUT2D eigenvalue weighted by Gasteiger charge is 2.29. The fourth-order valence-corrected chi connectivity index (χ4v) is 2.29. The normalized spacial score (nSPS) is 13.0. The second-order valence-corrected chi connectivity index (χ2v) is 5.66. The smallest absolute Gasteiger partial charge is 0.285 e. The lowest BCUT2D eigenvalue weighted by molar-refractivity contribution is -0.167. The lowest BCUT2D eigenvalue weighted by Gasteiger charge is -2.17. The molecule has 0 heterocycles. The molecule has 1 atom stereocenters. The molecule has 1 N–H and O–H groups in total. The van der Waals surface area contributed by atoms with Crippen molar-refractivity contribution in [3.8, 4) is 11.1 Å². The van der Waals surface area contributed by atoms with Gasteiger partial charge in [-0.3, -0.25) is 10.0 Å². The summed E-state index contributed by atoms with van der Waals surface area (Å²) < 4.78 is 37.9. The van der Waals surface area contributed by atoms with Gasteiger partial charge in [-0.2, -0.15) is 13.2 Å². The molecule has 0 aromatic heterocycles. The molecule has 6 heteroatoms. The lowest BCUT2D eigenvalue weighted by Crippen LogP contribution is -2.32. The molecule has 0 bridgehead atoms. The minimum atomic E-state index is -4.36. The fraction of sp³-hybridized carbons (Fsp3) is 0.211. The van der Waals surface area contributed by atoms with Gasteiger partial charge in [-0.1, -0.05) is 42.5 Å². The number of amides is 1. The Morgan fingerprint density at radius 1 is 1.12 bits per heavy atom. The third-order valence-corrected chi connectivity index (χ3v) is 3.71. The first-order chi connectivity index (χ1) is 11.7. The second kappa shape index (κ2) is 7.53. The van der Waals surface area contributed by atoms with Crippen LogP contribution in [0.1, 0.15) is 25.0 Å². The molecular formula is C19H18F3NO2. The number of halogens is 3. The second-order valence-electron chi connectivity index (χ2n) is 5.66. The third-order valence-electron chi connectivity index (χ3n) is 3.71. The van der Waals surface area contributed by atoms with Crippen LogP contribution < -0.4 is 0 Å². The van der Waals surface area contributed by atoms with E-state index < -0.39 is 23.7 Å². The summed E-state index contributed by atoms with van der Waals surface area (Å²) in [5.41, 5.74) is 1.56. The van der Waals surface area contributed by atoms with Crippen LogP contribution in [-0.2, 0) is 11.0 Å². The van der Waals surface area contributed by atoms with Gasteiger partial charge in [-0.15, -0.1) is 0 Å². The molecule has 0 aliphatic heterocycles. The third kappa shape index (κ3) is 4.93. The maximum Gasteiger partial charge on any atom is 0.416 e. The molecule has 0 aliphatic carbocycles. The van der Waals surface area contributed by atoms with Crippen LogP contribution >= 0.6 is 0 Å². The van der Waals surface area contributed by atoms with Crippen LogP contribution in [0.2, 0.25) is 0 Å². The zero-order valence-electron chi connectivity index (χ0n) is 13.8. The largest absolute Gasteiger partial charge is 0.416 e. The Labute approximate surface area is 144 Å². The molecule has 2 aromatic carbocycles. The van der Waals surface area contributed by atoms with E-state index >= 15 is 0 Å². The molecule has 2 rings (SSSR count). The van der Waals surface area contributed by atoms with Crippen molar-refractivity contribution in [1.29, 1.82) is 0 Å². The Bertz CT molecular complexity index is 767. The molecule has 0 spiro atoms. The first kappa shape index (κ1) is 18.7. The molecular weight excluding hydrogens is 331 g/mol. The molecule has 0 saturated heterocycles. The Morgan fingerprint density at radius 2 is 1.76 bits per heavy atom. The van der Waals surface area contributed by atoms with Crippen molar-refractivity contribution in [2.75, 3.05) is 0 Å². The van der Waals surface area contributed by atoms with Crippen molar-refractivity contribution in [3.63, 3.8) is 0 Å². The van der Waals surface area contributed by atoms with Gasteiger partial charge in [0.1, 0.15) is 0 Å². The fourth-order valence-electron chi connectivity index (χ4n) is 2.29. The van der Waals surface area contributed by atoms with Gasteiger partial charge in [0.05, 0.1) is 11.6 Å². The Balaban J connectivity index is 2.20. The van der Waals surface area contributed by atoms with E-state index in [9.17, 15) is 23.2 Å². The van der Waals surface area contributed by atoms with Gasteiger partial charge >= 0.3 is 6.18 Å². The van der Waals surface area contributed by atoms with Crippen LogP contribution in [0, 0.1) is 0 Å². The quantitative estimate of drug-likeness (QED) is 0.622. The number of alkyl halides is 3. The van der Waals surface area contributed by atoms with Gasteiger partial charge in [-0.25, -0.2) is 5.06 Å². The van der Waals surface area contributed by atoms with Gasteiger partial charge in [0.2, 0.25) is 5.91 Å². The van der Waals surface area contributed by atoms with Gasteiger partial charge in [0.15, 0.2) is 0 Å². The Hall–Kier alpha value is -2.60. The van der Waals surface area contributed by atoms with Gasteiger partial charge < -0.3 is 0 Å². The minimum Gasteiger partial charge on any atom is -0.285 e. The number of benzene rings is 2. The molecule has 0 radical (unpaired) electrons. The number of hydroxylamine groups is 2. The van der Waals surface area contributed by atoms with Crippen LogP contribution in [0.5, 0.6) is 0 Å². The van der Waals surface area contributed by atoms with E-state index in [1.165, 1.54) is 19.1 Å². The molecule has 2 aromatic rings. The standard InChI is InChI=1S/C19H18F3NO2/c1-13(23(25)14(2)24)6-7-15-4-3-5-17(12-15)16-8-10-18(11-9-16)19(20,21)22/h3-13,25H,1-2H3/b7-6+/t13-/m0/s1. The zero-order chi connectivity index (χ0) is 18.6. The van der Waals surface area contributed by atoms with E-state index in [1.54, 1.807) is 31.2 Å². The summed E-state index contributed by atoms with van der Waals surface area (Å²) in [7, 11) is 0. The molecule has 132 valence electrons. The van der Waals surface area contributed by atoms with Crippen LogP contribution in [-0.4, -0.2) is 22.2 Å². The van der Waals surface area contributed by atoms with Gasteiger partial charge in [0, 0.05) is 6.92 Å². The highest BCUT2D eigenvalue weighted by Crippen LogP contribution is 2.31. The molecule has 0 saturated carbocycles. The number of nitrogens with zero attached hydrogens (tertiary/aromatic N) is 1. The maximum atomic E-state index is 12.6. The van der Waals surface area contributed by atoms with Crippen molar-refractivity contribution in [3.05, 3.63) is 65.7 Å². The summed E-state index contributed by atoms with van der Waals surface area (Å²) in [6.45, 7) is 2.92. The monoisotopic (exact) mass is 349 g/mol. The van der Waals surface area contributed by atoms with Crippen LogP contribution in [0.4, 0.5) is 13.2 Å². The molecule has 0 aliphatic rings. The predicted octanol–water partition coefficient (Wildman–Crippen LogP) is 5.01. The molecule has 0 unspecified atom stereocenters. The van der Waals surface area contributed by atoms with Crippen LogP contribution in [0.25, 0.3) is 17.2 Å². The van der Waals surface area contributed by atoms with Gasteiger partial charge in [-0.05, 0) is 41.8 Å². The molecule has 0 fully saturated rings. The summed E-state index contributed by atoms with van der Waals surface area (Å²) in [5, 5.41) is 10.2. The highest BCUT2D eigenvalue weighted by molar-refractivity contribution is 5.73. The van der Waals surface area contributed by atoms with Crippen LogP contribution in [0.3, 0.4) is 0 Å². The van der Waals surface area contributed by atoms with E-state index in [1.807, 2.05) is 12.1 Å². The maximum absolute atomic E-state index is 12.6. The number of rotatable bonds is 4. The molecule has 3 nitrogen and oxygen atoms in total. The van der Waals surface area contributed by atoms with Crippen molar-refractivity contribution in [2.45, 2.75) is 26.1 Å². The summed E-state index contributed by atoms with van der Waals surface area (Å²) in [6.07, 6.45) is -0.955. The van der Waals surface area contributed by atoms with E-state index in [4.69, 9.17) is 0 Å². The average Bonchev–Trinajstić information content (AvgIpc) is 2.58. The number of carbonyl (C=O) groups excluding carboxylic acids is 1. The topological polar surface area (TPSA) is 40.5 Å². The summed E-state index contributed by atoms with van der Waals surface area (Å²) in [6, 6.07) is 11.7. The molecule has 25 heavy (non-hydrogen) atoms. The lowest BCUT2D eigenvalue weighted by atomic mass is 10.0. The van der Waals surface area contributed by atoms with E-state index in [0.717, 1.165) is 23.3 Å². The first-order valence-electron chi connectivity index (χ1n) is 7.63. The van der Waals surface area contributed by atoms with Crippen LogP contribution in [0.15, 0.2) is 54.6 Å². The van der Waals surface area contributed by atoms with Crippen molar-refractivity contribution < 1.29 is 23.2 Å². The summed E-state index contributed by atoms with van der Waals surface area (Å²) in [4.78, 5) is 11.1. The molecule has 1 amide bonds. The summed E-state index contributed by atoms with van der Waals surface area (Å²) >= 11 is 0. The number of hydrogen-bond donors (Lipinski definition) is 1. The van der Waals surface area contributed by atoms with Crippen molar-refractivity contribution in [1.82, 2.24) is 5.06 Å². The van der Waals surface area contributed by atoms with Gasteiger partial charge in [0.25, 0.3) is 0 Å². The van der Waals surface area contributed by atoms with E-state index in [0.29, 0.717) is 10.6 Å². The number of carbonyl (C=O) groups is 1. The Morgan fingerprint density at radius 3 is 2.32 bits per heavy atom. The first-order valence-corrected chi connectivity index (χ1v) is 7.63. The SMILES string of the molecule is CC(=O)N(O)[C@@H](C)/C=C/c1cccc(-c2ccc(C(F)(F)F)cc2)c1.